The smallest absolute Gasteiger partial charge is 0.409 e. The maximum Gasteiger partial charge on any atom is 0.409 e. The molecule has 106 valence electrons. The quantitative estimate of drug-likeness (QED) is 0.775. The molecular formula is C13H27N3O2. The maximum absolute atomic E-state index is 11.5. The van der Waals surface area contributed by atoms with Gasteiger partial charge in [-0.15, -0.1) is 0 Å². The SMILES string of the molecule is CCOC(=O)N1CCC(NCCN(C)CC)CC1. The Balaban J connectivity index is 2.13. The highest BCUT2D eigenvalue weighted by molar-refractivity contribution is 5.67. The Morgan fingerprint density at radius 2 is 2.06 bits per heavy atom. The van der Waals surface area contributed by atoms with Gasteiger partial charge in [0, 0.05) is 32.2 Å². The summed E-state index contributed by atoms with van der Waals surface area (Å²) in [7, 11) is 2.13. The minimum absolute atomic E-state index is 0.165. The van der Waals surface area contributed by atoms with Gasteiger partial charge in [0.2, 0.25) is 0 Å². The van der Waals surface area contributed by atoms with E-state index in [0.29, 0.717) is 12.6 Å². The van der Waals surface area contributed by atoms with Gasteiger partial charge in [0.1, 0.15) is 0 Å². The normalized spacial score (nSPS) is 17.2. The van der Waals surface area contributed by atoms with Crippen molar-refractivity contribution in [2.75, 3.05) is 46.4 Å². The van der Waals surface area contributed by atoms with E-state index in [0.717, 1.165) is 45.6 Å². The fraction of sp³-hybridized carbons (Fsp3) is 0.923. The Morgan fingerprint density at radius 3 is 2.61 bits per heavy atom. The molecule has 1 saturated heterocycles. The first-order valence-corrected chi connectivity index (χ1v) is 7.01. The largest absolute Gasteiger partial charge is 0.450 e. The molecule has 1 fully saturated rings. The van der Waals surface area contributed by atoms with Crippen LogP contribution in [0.5, 0.6) is 0 Å². The predicted molar refractivity (Wildman–Crippen MR) is 72.8 cm³/mol. The molecule has 18 heavy (non-hydrogen) atoms. The molecule has 1 rings (SSSR count). The van der Waals surface area contributed by atoms with Gasteiger partial charge in [-0.25, -0.2) is 4.79 Å². The number of carbonyl (C=O) groups is 1. The zero-order valence-electron chi connectivity index (χ0n) is 11.9. The van der Waals surface area contributed by atoms with Crippen LogP contribution in [0.15, 0.2) is 0 Å². The summed E-state index contributed by atoms with van der Waals surface area (Å²) < 4.78 is 5.00. The van der Waals surface area contributed by atoms with E-state index in [2.05, 4.69) is 24.2 Å². The van der Waals surface area contributed by atoms with E-state index < -0.39 is 0 Å². The fourth-order valence-corrected chi connectivity index (χ4v) is 2.10. The molecule has 5 nitrogen and oxygen atoms in total. The van der Waals surface area contributed by atoms with Crippen LogP contribution in [0, 0.1) is 0 Å². The summed E-state index contributed by atoms with van der Waals surface area (Å²) >= 11 is 0. The van der Waals surface area contributed by atoms with Crippen molar-refractivity contribution < 1.29 is 9.53 Å². The summed E-state index contributed by atoms with van der Waals surface area (Å²) in [6.45, 7) is 9.26. The van der Waals surface area contributed by atoms with E-state index in [4.69, 9.17) is 4.74 Å². The van der Waals surface area contributed by atoms with Crippen molar-refractivity contribution in [3.05, 3.63) is 0 Å². The first kappa shape index (κ1) is 15.2. The molecule has 0 saturated carbocycles. The second kappa shape index (κ2) is 8.32. The Kier molecular flexibility index (Phi) is 7.05. The predicted octanol–water partition coefficient (Wildman–Crippen LogP) is 1.15. The molecule has 1 amide bonds. The lowest BCUT2D eigenvalue weighted by Crippen LogP contribution is -2.46. The van der Waals surface area contributed by atoms with E-state index in [1.807, 2.05) is 6.92 Å². The van der Waals surface area contributed by atoms with E-state index in [-0.39, 0.29) is 6.09 Å². The highest BCUT2D eigenvalue weighted by atomic mass is 16.6. The second-order valence-corrected chi connectivity index (χ2v) is 4.81. The van der Waals surface area contributed by atoms with Gasteiger partial charge < -0.3 is 19.9 Å². The molecule has 0 spiro atoms. The lowest BCUT2D eigenvalue weighted by atomic mass is 10.1. The summed E-state index contributed by atoms with van der Waals surface area (Å²) in [5, 5.41) is 3.56. The third-order valence-electron chi connectivity index (χ3n) is 3.49. The first-order chi connectivity index (χ1) is 8.67. The Morgan fingerprint density at radius 1 is 1.39 bits per heavy atom. The second-order valence-electron chi connectivity index (χ2n) is 4.81. The molecule has 0 unspecified atom stereocenters. The van der Waals surface area contributed by atoms with Crippen LogP contribution in [-0.2, 0) is 4.74 Å². The minimum atomic E-state index is -0.165. The van der Waals surface area contributed by atoms with Crippen molar-refractivity contribution in [1.82, 2.24) is 15.1 Å². The number of likely N-dealkylation sites (N-methyl/N-ethyl adjacent to an activating group) is 1. The number of nitrogens with one attached hydrogen (secondary N) is 1. The van der Waals surface area contributed by atoms with Crippen LogP contribution in [0.2, 0.25) is 0 Å². The van der Waals surface area contributed by atoms with Crippen molar-refractivity contribution in [2.24, 2.45) is 0 Å². The highest BCUT2D eigenvalue weighted by Gasteiger charge is 2.22. The van der Waals surface area contributed by atoms with Crippen LogP contribution in [0.25, 0.3) is 0 Å². The van der Waals surface area contributed by atoms with Crippen LogP contribution in [0.3, 0.4) is 0 Å². The lowest BCUT2D eigenvalue weighted by molar-refractivity contribution is 0.0949. The fourth-order valence-electron chi connectivity index (χ4n) is 2.10. The Hall–Kier alpha value is -0.810. The van der Waals surface area contributed by atoms with Crippen molar-refractivity contribution in [2.45, 2.75) is 32.7 Å². The Bertz CT molecular complexity index is 240. The third kappa shape index (κ3) is 5.23. The van der Waals surface area contributed by atoms with E-state index in [1.165, 1.54) is 0 Å². The van der Waals surface area contributed by atoms with E-state index in [9.17, 15) is 4.79 Å². The summed E-state index contributed by atoms with van der Waals surface area (Å²) in [6.07, 6.45) is 1.88. The number of piperidine rings is 1. The van der Waals surface area contributed by atoms with Gasteiger partial charge in [-0.1, -0.05) is 6.92 Å². The lowest BCUT2D eigenvalue weighted by Gasteiger charge is -2.32. The number of rotatable bonds is 6. The molecular weight excluding hydrogens is 230 g/mol. The minimum Gasteiger partial charge on any atom is -0.450 e. The standard InChI is InChI=1S/C13H27N3O2/c1-4-15(3)11-8-14-12-6-9-16(10-7-12)13(17)18-5-2/h12,14H,4-11H2,1-3H3. The molecule has 0 aromatic heterocycles. The van der Waals surface area contributed by atoms with Gasteiger partial charge in [0.05, 0.1) is 6.61 Å². The molecule has 0 aromatic carbocycles. The van der Waals surface area contributed by atoms with Crippen LogP contribution >= 0.6 is 0 Å². The van der Waals surface area contributed by atoms with Gasteiger partial charge in [-0.05, 0) is 33.4 Å². The van der Waals surface area contributed by atoms with Crippen LogP contribution in [0.4, 0.5) is 4.79 Å². The topological polar surface area (TPSA) is 44.8 Å². The first-order valence-electron chi connectivity index (χ1n) is 7.01. The monoisotopic (exact) mass is 257 g/mol. The number of hydrogen-bond donors (Lipinski definition) is 1. The summed E-state index contributed by atoms with van der Waals surface area (Å²) in [5.74, 6) is 0. The zero-order valence-corrected chi connectivity index (χ0v) is 11.9. The summed E-state index contributed by atoms with van der Waals surface area (Å²) in [4.78, 5) is 15.6. The molecule has 1 heterocycles. The number of ether oxygens (including phenoxy) is 1. The number of hydrogen-bond acceptors (Lipinski definition) is 4. The average molecular weight is 257 g/mol. The third-order valence-corrected chi connectivity index (χ3v) is 3.49. The molecule has 1 aliphatic heterocycles. The van der Waals surface area contributed by atoms with Crippen LogP contribution in [-0.4, -0.2) is 68.3 Å². The molecule has 5 heteroatoms. The van der Waals surface area contributed by atoms with Gasteiger partial charge in [-0.2, -0.15) is 0 Å². The van der Waals surface area contributed by atoms with Crippen molar-refractivity contribution in [1.29, 1.82) is 0 Å². The van der Waals surface area contributed by atoms with E-state index in [1.54, 1.807) is 4.90 Å². The van der Waals surface area contributed by atoms with Gasteiger partial charge in [-0.3, -0.25) is 0 Å². The molecule has 0 radical (unpaired) electrons. The summed E-state index contributed by atoms with van der Waals surface area (Å²) in [6, 6.07) is 0.543. The zero-order chi connectivity index (χ0) is 13.4. The molecule has 1 N–H and O–H groups in total. The molecule has 0 aliphatic carbocycles. The van der Waals surface area contributed by atoms with Crippen LogP contribution < -0.4 is 5.32 Å². The van der Waals surface area contributed by atoms with Gasteiger partial charge in [0.25, 0.3) is 0 Å². The van der Waals surface area contributed by atoms with Crippen LogP contribution in [0.1, 0.15) is 26.7 Å². The van der Waals surface area contributed by atoms with Crippen molar-refractivity contribution in [3.8, 4) is 0 Å². The number of amides is 1. The van der Waals surface area contributed by atoms with Gasteiger partial charge in [0.15, 0.2) is 0 Å². The van der Waals surface area contributed by atoms with Crippen molar-refractivity contribution in [3.63, 3.8) is 0 Å². The van der Waals surface area contributed by atoms with Crippen molar-refractivity contribution >= 4 is 6.09 Å². The molecule has 0 atom stereocenters. The number of carbonyl (C=O) groups excluding carboxylic acids is 1. The molecule has 1 aliphatic rings. The van der Waals surface area contributed by atoms with Gasteiger partial charge >= 0.3 is 6.09 Å². The molecule has 0 bridgehead atoms. The number of nitrogens with zero attached hydrogens (tertiary/aromatic N) is 2. The average Bonchev–Trinajstić information content (AvgIpc) is 2.39. The number of likely N-dealkylation sites (tertiary alicyclic amines) is 1. The summed E-state index contributed by atoms with van der Waals surface area (Å²) in [5.41, 5.74) is 0. The van der Waals surface area contributed by atoms with E-state index >= 15 is 0 Å². The highest BCUT2D eigenvalue weighted by Crippen LogP contribution is 2.11. The Labute approximate surface area is 110 Å². The molecule has 0 aromatic rings. The maximum atomic E-state index is 11.5.